The molecule has 1 aromatic carbocycles. The number of ether oxygens (including phenoxy) is 1. The van der Waals surface area contributed by atoms with Gasteiger partial charge >= 0.3 is 12.2 Å². The first-order chi connectivity index (χ1) is 11.4. The second-order valence-corrected chi connectivity index (χ2v) is 5.09. The zero-order valence-corrected chi connectivity index (χ0v) is 13.3. The van der Waals surface area contributed by atoms with Gasteiger partial charge in [-0.2, -0.15) is 28.1 Å². The van der Waals surface area contributed by atoms with E-state index in [0.717, 1.165) is 12.6 Å². The van der Waals surface area contributed by atoms with E-state index in [-0.39, 0.29) is 30.9 Å². The van der Waals surface area contributed by atoms with Crippen LogP contribution >= 0.6 is 0 Å². The fourth-order valence-electron chi connectivity index (χ4n) is 1.73. The fourth-order valence-corrected chi connectivity index (χ4v) is 1.73. The van der Waals surface area contributed by atoms with Crippen molar-refractivity contribution in [3.05, 3.63) is 30.3 Å². The van der Waals surface area contributed by atoms with Gasteiger partial charge in [-0.05, 0) is 18.6 Å². The molecule has 1 heterocycles. The molecule has 9 heteroatoms. The highest BCUT2D eigenvalue weighted by Gasteiger charge is 2.35. The molecule has 1 atom stereocenters. The molecule has 2 aromatic rings. The topological polar surface area (TPSA) is 72.0 Å². The van der Waals surface area contributed by atoms with E-state index in [9.17, 15) is 13.2 Å². The van der Waals surface area contributed by atoms with Gasteiger partial charge in [-0.15, -0.1) is 0 Å². The number of aromatic nitrogens is 3. The van der Waals surface area contributed by atoms with E-state index in [2.05, 4.69) is 25.6 Å². The van der Waals surface area contributed by atoms with Crippen molar-refractivity contribution in [2.75, 3.05) is 24.3 Å². The lowest BCUT2D eigenvalue weighted by atomic mass is 10.1. The van der Waals surface area contributed by atoms with Crippen LogP contribution in [0, 0.1) is 5.92 Å². The summed E-state index contributed by atoms with van der Waals surface area (Å²) in [5.41, 5.74) is 0.766. The maximum Gasteiger partial charge on any atom is 0.391 e. The molecule has 0 saturated heterocycles. The Morgan fingerprint density at radius 3 is 2.38 bits per heavy atom. The standard InChI is InChI=1S/C15H18F3N5O/c1-10(15(16,17)18)8-9-24-14-22-12(19-2)21-13(23-14)20-11-6-4-3-5-7-11/h3-7,10H,8-9H2,1-2H3,(H2,19,20,21,22,23). The molecule has 2 N–H and O–H groups in total. The van der Waals surface area contributed by atoms with Gasteiger partial charge in [-0.1, -0.05) is 25.1 Å². The number of hydrogen-bond donors (Lipinski definition) is 2. The van der Waals surface area contributed by atoms with Gasteiger partial charge in [0.1, 0.15) is 0 Å². The lowest BCUT2D eigenvalue weighted by Crippen LogP contribution is -2.22. The highest BCUT2D eigenvalue weighted by Crippen LogP contribution is 2.28. The normalized spacial score (nSPS) is 12.5. The predicted octanol–water partition coefficient (Wildman–Crippen LogP) is 3.62. The minimum Gasteiger partial charge on any atom is -0.463 e. The number of benzene rings is 1. The molecule has 0 bridgehead atoms. The van der Waals surface area contributed by atoms with Gasteiger partial charge in [-0.25, -0.2) is 0 Å². The predicted molar refractivity (Wildman–Crippen MR) is 84.4 cm³/mol. The molecule has 0 fully saturated rings. The third-order valence-corrected chi connectivity index (χ3v) is 3.21. The molecule has 0 aliphatic heterocycles. The van der Waals surface area contributed by atoms with Gasteiger partial charge in [0.25, 0.3) is 0 Å². The number of para-hydroxylation sites is 1. The van der Waals surface area contributed by atoms with Gasteiger partial charge in [0.05, 0.1) is 12.5 Å². The fraction of sp³-hybridized carbons (Fsp3) is 0.400. The summed E-state index contributed by atoms with van der Waals surface area (Å²) in [4.78, 5) is 12.2. The minimum atomic E-state index is -4.24. The van der Waals surface area contributed by atoms with Crippen LogP contribution in [0.25, 0.3) is 0 Å². The minimum absolute atomic E-state index is 0.0397. The third-order valence-electron chi connectivity index (χ3n) is 3.21. The van der Waals surface area contributed by atoms with Gasteiger partial charge < -0.3 is 15.4 Å². The van der Waals surface area contributed by atoms with Crippen LogP contribution in [0.4, 0.5) is 30.8 Å². The smallest absolute Gasteiger partial charge is 0.391 e. The van der Waals surface area contributed by atoms with E-state index in [1.165, 1.54) is 0 Å². The summed E-state index contributed by atoms with van der Waals surface area (Å²) in [6.45, 7) is 0.969. The monoisotopic (exact) mass is 341 g/mol. The number of hydrogen-bond acceptors (Lipinski definition) is 6. The average molecular weight is 341 g/mol. The van der Waals surface area contributed by atoms with Crippen LogP contribution in [0.3, 0.4) is 0 Å². The lowest BCUT2D eigenvalue weighted by molar-refractivity contribution is -0.172. The van der Waals surface area contributed by atoms with Crippen molar-refractivity contribution in [2.45, 2.75) is 19.5 Å². The summed E-state index contributed by atoms with van der Waals surface area (Å²) in [7, 11) is 1.62. The van der Waals surface area contributed by atoms with E-state index in [1.54, 1.807) is 7.05 Å². The molecule has 0 aliphatic rings. The van der Waals surface area contributed by atoms with Crippen LogP contribution in [-0.2, 0) is 0 Å². The van der Waals surface area contributed by atoms with Crippen molar-refractivity contribution in [1.82, 2.24) is 15.0 Å². The summed E-state index contributed by atoms with van der Waals surface area (Å²) in [5, 5.41) is 5.74. The Bertz CT molecular complexity index is 651. The molecular weight excluding hydrogens is 323 g/mol. The Morgan fingerprint density at radius 2 is 1.75 bits per heavy atom. The average Bonchev–Trinajstić information content (AvgIpc) is 2.54. The molecule has 1 aromatic heterocycles. The molecular formula is C15H18F3N5O. The first kappa shape index (κ1) is 17.8. The van der Waals surface area contributed by atoms with Crippen LogP contribution in [0.1, 0.15) is 13.3 Å². The van der Waals surface area contributed by atoms with Gasteiger partial charge in [0.2, 0.25) is 11.9 Å². The highest BCUT2D eigenvalue weighted by molar-refractivity contribution is 5.53. The summed E-state index contributed by atoms with van der Waals surface area (Å²) in [5.74, 6) is -0.966. The zero-order valence-electron chi connectivity index (χ0n) is 13.3. The summed E-state index contributed by atoms with van der Waals surface area (Å²) in [6, 6.07) is 9.18. The maximum atomic E-state index is 12.5. The molecule has 0 aliphatic carbocycles. The summed E-state index contributed by atoms with van der Waals surface area (Å²) in [6.07, 6.45) is -4.41. The van der Waals surface area contributed by atoms with Crippen LogP contribution < -0.4 is 15.4 Å². The number of nitrogens with zero attached hydrogens (tertiary/aromatic N) is 3. The van der Waals surface area contributed by atoms with E-state index in [1.807, 2.05) is 30.3 Å². The molecule has 24 heavy (non-hydrogen) atoms. The first-order valence-electron chi connectivity index (χ1n) is 7.34. The number of rotatable bonds is 7. The molecule has 2 rings (SSSR count). The number of halogens is 3. The molecule has 0 amide bonds. The Balaban J connectivity index is 2.03. The SMILES string of the molecule is CNc1nc(Nc2ccccc2)nc(OCCC(C)C(F)(F)F)n1. The largest absolute Gasteiger partial charge is 0.463 e. The maximum absolute atomic E-state index is 12.5. The van der Waals surface area contributed by atoms with Crippen molar-refractivity contribution in [2.24, 2.45) is 5.92 Å². The highest BCUT2D eigenvalue weighted by atomic mass is 19.4. The Kier molecular flexibility index (Phi) is 5.78. The van der Waals surface area contributed by atoms with Crippen LogP contribution in [0.15, 0.2) is 30.3 Å². The zero-order chi connectivity index (χ0) is 17.6. The molecule has 130 valence electrons. The Morgan fingerprint density at radius 1 is 1.08 bits per heavy atom. The third kappa shape index (κ3) is 5.25. The van der Waals surface area contributed by atoms with Gasteiger partial charge in [0, 0.05) is 12.7 Å². The molecule has 6 nitrogen and oxygen atoms in total. The molecule has 0 saturated carbocycles. The number of alkyl halides is 3. The summed E-state index contributed by atoms with van der Waals surface area (Å²) >= 11 is 0. The van der Waals surface area contributed by atoms with Gasteiger partial charge in [0.15, 0.2) is 0 Å². The van der Waals surface area contributed by atoms with Crippen LogP contribution in [0.2, 0.25) is 0 Å². The van der Waals surface area contributed by atoms with E-state index < -0.39 is 12.1 Å². The Hall–Kier alpha value is -2.58. The second-order valence-electron chi connectivity index (χ2n) is 5.09. The lowest BCUT2D eigenvalue weighted by Gasteiger charge is -2.15. The van der Waals surface area contributed by atoms with E-state index >= 15 is 0 Å². The van der Waals surface area contributed by atoms with Crippen LogP contribution in [0.5, 0.6) is 6.01 Å². The quantitative estimate of drug-likeness (QED) is 0.801. The van der Waals surface area contributed by atoms with Crippen molar-refractivity contribution >= 4 is 17.6 Å². The molecule has 0 spiro atoms. The van der Waals surface area contributed by atoms with Crippen molar-refractivity contribution in [1.29, 1.82) is 0 Å². The van der Waals surface area contributed by atoms with Crippen molar-refractivity contribution < 1.29 is 17.9 Å². The van der Waals surface area contributed by atoms with Crippen LogP contribution in [-0.4, -0.2) is 34.8 Å². The van der Waals surface area contributed by atoms with Gasteiger partial charge in [-0.3, -0.25) is 0 Å². The first-order valence-corrected chi connectivity index (χ1v) is 7.34. The second kappa shape index (κ2) is 7.80. The van der Waals surface area contributed by atoms with Crippen molar-refractivity contribution in [3.8, 4) is 6.01 Å². The number of nitrogens with one attached hydrogen (secondary N) is 2. The molecule has 0 radical (unpaired) electrons. The van der Waals surface area contributed by atoms with Crippen molar-refractivity contribution in [3.63, 3.8) is 0 Å². The molecule has 1 unspecified atom stereocenters. The Labute approximate surface area is 137 Å². The number of anilines is 3. The van der Waals surface area contributed by atoms with E-state index in [4.69, 9.17) is 4.74 Å². The van der Waals surface area contributed by atoms with E-state index in [0.29, 0.717) is 0 Å². The summed E-state index contributed by atoms with van der Waals surface area (Å²) < 4.78 is 42.7.